The maximum absolute atomic E-state index is 8.58. The van der Waals surface area contributed by atoms with Crippen LogP contribution in [0.15, 0.2) is 121 Å². The minimum Gasteiger partial charge on any atom is -0.309 e. The molecule has 0 spiro atoms. The molecule has 0 unspecified atom stereocenters. The molecule has 2 N–H and O–H groups in total. The van der Waals surface area contributed by atoms with E-state index in [2.05, 4.69) is 130 Å². The van der Waals surface area contributed by atoms with Crippen LogP contribution in [-0.4, -0.2) is 21.6 Å². The van der Waals surface area contributed by atoms with E-state index in [4.69, 9.17) is 10.8 Å². The SMILES string of the molecule is N=Cc1c(-n2c3ccccc3c3ccccc32)ccc(-n2c3ccccc3c3c4ccccc4ccc32)c1C=N. The first kappa shape index (κ1) is 22.5. The molecule has 0 radical (unpaired) electrons. The van der Waals surface area contributed by atoms with E-state index in [1.165, 1.54) is 44.7 Å². The summed E-state index contributed by atoms with van der Waals surface area (Å²) in [6, 6.07) is 42.3. The number of nitrogens with one attached hydrogen (secondary N) is 2. The molecule has 0 bridgehead atoms. The maximum Gasteiger partial charge on any atom is 0.0557 e. The lowest BCUT2D eigenvalue weighted by Gasteiger charge is -2.18. The van der Waals surface area contributed by atoms with E-state index >= 15 is 0 Å². The topological polar surface area (TPSA) is 57.6 Å². The van der Waals surface area contributed by atoms with E-state index in [1.54, 1.807) is 0 Å². The van der Waals surface area contributed by atoms with Gasteiger partial charge in [-0.2, -0.15) is 0 Å². The van der Waals surface area contributed by atoms with Crippen LogP contribution in [-0.2, 0) is 0 Å². The summed E-state index contributed by atoms with van der Waals surface area (Å²) >= 11 is 0. The van der Waals surface area contributed by atoms with Crippen molar-refractivity contribution in [3.8, 4) is 11.4 Å². The molecule has 8 aromatic rings. The quantitative estimate of drug-likeness (QED) is 0.221. The fourth-order valence-electron chi connectivity index (χ4n) is 6.49. The van der Waals surface area contributed by atoms with E-state index < -0.39 is 0 Å². The predicted molar refractivity (Wildman–Crippen MR) is 168 cm³/mol. The average Bonchev–Trinajstić information content (AvgIpc) is 3.53. The number of aromatic nitrogens is 2. The van der Waals surface area contributed by atoms with Crippen molar-refractivity contribution < 1.29 is 0 Å². The average molecular weight is 513 g/mol. The summed E-state index contributed by atoms with van der Waals surface area (Å²) in [5.41, 5.74) is 7.54. The van der Waals surface area contributed by atoms with Gasteiger partial charge in [0.1, 0.15) is 0 Å². The van der Waals surface area contributed by atoms with Crippen molar-refractivity contribution in [3.63, 3.8) is 0 Å². The van der Waals surface area contributed by atoms with Gasteiger partial charge in [-0.1, -0.05) is 84.9 Å². The van der Waals surface area contributed by atoms with E-state index in [0.717, 1.165) is 33.4 Å². The van der Waals surface area contributed by atoms with Crippen molar-refractivity contribution in [1.82, 2.24) is 9.13 Å². The number of fused-ring (bicyclic) bond motifs is 8. The van der Waals surface area contributed by atoms with Crippen molar-refractivity contribution in [2.24, 2.45) is 0 Å². The molecule has 0 aliphatic heterocycles. The van der Waals surface area contributed by atoms with Gasteiger partial charge in [0, 0.05) is 45.1 Å². The number of para-hydroxylation sites is 3. The van der Waals surface area contributed by atoms with Crippen molar-refractivity contribution in [3.05, 3.63) is 132 Å². The first-order chi connectivity index (χ1) is 19.8. The van der Waals surface area contributed by atoms with Gasteiger partial charge in [0.15, 0.2) is 0 Å². The molecule has 0 saturated carbocycles. The molecule has 0 aliphatic rings. The fraction of sp³-hybridized carbons (Fsp3) is 0. The molecule has 4 heteroatoms. The first-order valence-electron chi connectivity index (χ1n) is 13.4. The number of rotatable bonds is 4. The third kappa shape index (κ3) is 2.96. The Morgan fingerprint density at radius 2 is 0.850 bits per heavy atom. The highest BCUT2D eigenvalue weighted by Gasteiger charge is 2.21. The van der Waals surface area contributed by atoms with Crippen LogP contribution in [0.5, 0.6) is 0 Å². The maximum atomic E-state index is 8.58. The van der Waals surface area contributed by atoms with Gasteiger partial charge in [-0.25, -0.2) is 0 Å². The highest BCUT2D eigenvalue weighted by molar-refractivity contribution is 6.21. The molecule has 0 aliphatic carbocycles. The molecule has 4 nitrogen and oxygen atoms in total. The lowest BCUT2D eigenvalue weighted by Crippen LogP contribution is -2.08. The molecule has 2 aromatic heterocycles. The highest BCUT2D eigenvalue weighted by atomic mass is 15.0. The van der Waals surface area contributed by atoms with Gasteiger partial charge in [0.2, 0.25) is 0 Å². The van der Waals surface area contributed by atoms with Crippen LogP contribution in [0.3, 0.4) is 0 Å². The summed E-state index contributed by atoms with van der Waals surface area (Å²) in [6.45, 7) is 0. The minimum absolute atomic E-state index is 0.713. The number of nitrogens with zero attached hydrogens (tertiary/aromatic N) is 2. The third-order valence-electron chi connectivity index (χ3n) is 8.15. The standard InChI is InChI=1S/C36H24N4/c37-21-28-29(22-38)34(20-19-33(28)39-30-14-6-3-11-25(30)26-12-4-7-15-31(26)39)40-32-16-8-5-13-27(32)36-24-10-2-1-9-23(24)17-18-35(36)40/h1-22,37-38H. The lowest BCUT2D eigenvalue weighted by molar-refractivity contribution is 1.13. The monoisotopic (exact) mass is 512 g/mol. The van der Waals surface area contributed by atoms with Crippen molar-refractivity contribution >= 4 is 66.8 Å². The lowest BCUT2D eigenvalue weighted by atomic mass is 10.0. The van der Waals surface area contributed by atoms with Gasteiger partial charge < -0.3 is 20.0 Å². The Kier molecular flexibility index (Phi) is 4.79. The summed E-state index contributed by atoms with van der Waals surface area (Å²) in [4.78, 5) is 0. The molecule has 0 amide bonds. The molecule has 2 heterocycles. The Hall–Kier alpha value is -5.48. The Bertz CT molecular complexity index is 2260. The number of benzene rings is 6. The Morgan fingerprint density at radius 3 is 1.43 bits per heavy atom. The second-order valence-corrected chi connectivity index (χ2v) is 10.1. The minimum atomic E-state index is 0.713. The van der Waals surface area contributed by atoms with Crippen molar-refractivity contribution in [2.75, 3.05) is 0 Å². The summed E-state index contributed by atoms with van der Waals surface area (Å²) in [6.07, 6.45) is 2.79. The Balaban J connectivity index is 1.49. The van der Waals surface area contributed by atoms with Crippen molar-refractivity contribution in [1.29, 1.82) is 10.8 Å². The zero-order chi connectivity index (χ0) is 26.8. The second kappa shape index (κ2) is 8.52. The molecule has 40 heavy (non-hydrogen) atoms. The van der Waals surface area contributed by atoms with E-state index in [1.807, 2.05) is 0 Å². The molecule has 8 rings (SSSR count). The zero-order valence-electron chi connectivity index (χ0n) is 21.6. The van der Waals surface area contributed by atoms with Gasteiger partial charge in [0.25, 0.3) is 0 Å². The van der Waals surface area contributed by atoms with Crippen LogP contribution in [0.25, 0.3) is 65.8 Å². The smallest absolute Gasteiger partial charge is 0.0557 e. The Morgan fingerprint density at radius 1 is 0.400 bits per heavy atom. The first-order valence-corrected chi connectivity index (χ1v) is 13.4. The second-order valence-electron chi connectivity index (χ2n) is 10.1. The molecule has 0 saturated heterocycles. The fourth-order valence-corrected chi connectivity index (χ4v) is 6.49. The van der Waals surface area contributed by atoms with Gasteiger partial charge in [-0.15, -0.1) is 0 Å². The van der Waals surface area contributed by atoms with Crippen LogP contribution in [0, 0.1) is 10.8 Å². The van der Waals surface area contributed by atoms with Crippen LogP contribution < -0.4 is 0 Å². The normalized spacial score (nSPS) is 11.7. The molecular weight excluding hydrogens is 488 g/mol. The summed E-state index contributed by atoms with van der Waals surface area (Å²) in [7, 11) is 0. The zero-order valence-corrected chi connectivity index (χ0v) is 21.6. The predicted octanol–water partition coefficient (Wildman–Crippen LogP) is 9.03. The summed E-state index contributed by atoms with van der Waals surface area (Å²) in [5, 5.41) is 24.3. The molecule has 6 aromatic carbocycles. The summed E-state index contributed by atoms with van der Waals surface area (Å²) in [5.74, 6) is 0. The molecule has 188 valence electrons. The van der Waals surface area contributed by atoms with Crippen LogP contribution >= 0.6 is 0 Å². The highest BCUT2D eigenvalue weighted by Crippen LogP contribution is 2.39. The molecular formula is C36H24N4. The molecule has 0 fully saturated rings. The van der Waals surface area contributed by atoms with Gasteiger partial charge in [-0.05, 0) is 47.2 Å². The van der Waals surface area contributed by atoms with E-state index in [9.17, 15) is 0 Å². The van der Waals surface area contributed by atoms with Gasteiger partial charge in [0.05, 0.1) is 33.4 Å². The van der Waals surface area contributed by atoms with Crippen LogP contribution in [0.1, 0.15) is 11.1 Å². The number of hydrogen-bond acceptors (Lipinski definition) is 2. The molecule has 0 atom stereocenters. The Labute approximate surface area is 230 Å². The summed E-state index contributed by atoms with van der Waals surface area (Å²) < 4.78 is 4.47. The van der Waals surface area contributed by atoms with Gasteiger partial charge in [-0.3, -0.25) is 0 Å². The van der Waals surface area contributed by atoms with E-state index in [0.29, 0.717) is 11.1 Å². The largest absolute Gasteiger partial charge is 0.309 e. The number of hydrogen-bond donors (Lipinski definition) is 2. The van der Waals surface area contributed by atoms with Crippen molar-refractivity contribution in [2.45, 2.75) is 0 Å². The van der Waals surface area contributed by atoms with E-state index in [-0.39, 0.29) is 0 Å². The van der Waals surface area contributed by atoms with Gasteiger partial charge >= 0.3 is 0 Å². The van der Waals surface area contributed by atoms with Crippen LogP contribution in [0.2, 0.25) is 0 Å². The third-order valence-corrected chi connectivity index (χ3v) is 8.15. The van der Waals surface area contributed by atoms with Crippen LogP contribution in [0.4, 0.5) is 0 Å².